The van der Waals surface area contributed by atoms with Crippen LogP contribution in [0, 0.1) is 5.92 Å². The molecule has 0 unspecified atom stereocenters. The fourth-order valence-corrected chi connectivity index (χ4v) is 4.82. The Morgan fingerprint density at radius 2 is 1.53 bits per heavy atom. The van der Waals surface area contributed by atoms with E-state index in [2.05, 4.69) is 5.32 Å². The third-order valence-corrected chi connectivity index (χ3v) is 6.35. The number of hydrogen-bond donors (Lipinski definition) is 1. The van der Waals surface area contributed by atoms with Crippen molar-refractivity contribution in [2.75, 3.05) is 31.9 Å². The Bertz CT molecular complexity index is 342. The average molecular weight is 288 g/mol. The van der Waals surface area contributed by atoms with Crippen LogP contribution in [0.15, 0.2) is 0 Å². The van der Waals surface area contributed by atoms with Gasteiger partial charge in [0.05, 0.1) is 5.75 Å². The SMILES string of the molecule is O=S(=O)(CCC1CCNCC1)N1CCCCCCC1. The van der Waals surface area contributed by atoms with Crippen LogP contribution in [0.5, 0.6) is 0 Å². The fourth-order valence-electron chi connectivity index (χ4n) is 3.11. The van der Waals surface area contributed by atoms with E-state index in [1.807, 2.05) is 0 Å². The Labute approximate surface area is 118 Å². The van der Waals surface area contributed by atoms with Crippen molar-refractivity contribution in [3.05, 3.63) is 0 Å². The highest BCUT2D eigenvalue weighted by atomic mass is 32.2. The normalized spacial score (nSPS) is 24.8. The quantitative estimate of drug-likeness (QED) is 0.860. The zero-order chi connectivity index (χ0) is 13.6. The Kier molecular flexibility index (Phi) is 6.10. The summed E-state index contributed by atoms with van der Waals surface area (Å²) in [6.45, 7) is 3.59. The molecule has 0 radical (unpaired) electrons. The maximum atomic E-state index is 12.4. The molecule has 2 aliphatic heterocycles. The molecular formula is C14H28N2O2S. The molecule has 2 fully saturated rings. The smallest absolute Gasteiger partial charge is 0.214 e. The molecule has 2 saturated heterocycles. The molecule has 2 rings (SSSR count). The predicted molar refractivity (Wildman–Crippen MR) is 78.7 cm³/mol. The van der Waals surface area contributed by atoms with Gasteiger partial charge < -0.3 is 5.32 Å². The van der Waals surface area contributed by atoms with Crippen molar-refractivity contribution in [3.8, 4) is 0 Å². The van der Waals surface area contributed by atoms with Crippen LogP contribution in [0.3, 0.4) is 0 Å². The molecule has 0 saturated carbocycles. The molecular weight excluding hydrogens is 260 g/mol. The van der Waals surface area contributed by atoms with E-state index in [-0.39, 0.29) is 0 Å². The topological polar surface area (TPSA) is 49.4 Å². The molecule has 5 heteroatoms. The lowest BCUT2D eigenvalue weighted by Gasteiger charge is -2.26. The van der Waals surface area contributed by atoms with Crippen molar-refractivity contribution < 1.29 is 8.42 Å². The van der Waals surface area contributed by atoms with Crippen LogP contribution in [0.4, 0.5) is 0 Å². The summed E-state index contributed by atoms with van der Waals surface area (Å²) in [7, 11) is -3.01. The van der Waals surface area contributed by atoms with Gasteiger partial charge in [0.1, 0.15) is 0 Å². The molecule has 0 spiro atoms. The number of piperidine rings is 1. The predicted octanol–water partition coefficient (Wildman–Crippen LogP) is 1.97. The summed E-state index contributed by atoms with van der Waals surface area (Å²) in [6, 6.07) is 0. The van der Waals surface area contributed by atoms with Gasteiger partial charge in [-0.05, 0) is 51.1 Å². The Balaban J connectivity index is 1.81. The molecule has 0 aromatic carbocycles. The van der Waals surface area contributed by atoms with E-state index in [9.17, 15) is 8.42 Å². The molecule has 4 nitrogen and oxygen atoms in total. The van der Waals surface area contributed by atoms with Gasteiger partial charge in [0, 0.05) is 13.1 Å². The van der Waals surface area contributed by atoms with Gasteiger partial charge in [0.15, 0.2) is 0 Å². The number of sulfonamides is 1. The fraction of sp³-hybridized carbons (Fsp3) is 1.00. The van der Waals surface area contributed by atoms with Crippen molar-refractivity contribution in [3.63, 3.8) is 0 Å². The largest absolute Gasteiger partial charge is 0.317 e. The van der Waals surface area contributed by atoms with E-state index in [1.54, 1.807) is 4.31 Å². The van der Waals surface area contributed by atoms with Crippen LogP contribution in [-0.2, 0) is 10.0 Å². The second kappa shape index (κ2) is 7.60. The first-order chi connectivity index (χ1) is 9.18. The van der Waals surface area contributed by atoms with Crippen LogP contribution < -0.4 is 5.32 Å². The monoisotopic (exact) mass is 288 g/mol. The van der Waals surface area contributed by atoms with E-state index in [0.29, 0.717) is 11.7 Å². The minimum atomic E-state index is -3.01. The van der Waals surface area contributed by atoms with Crippen LogP contribution in [0.1, 0.15) is 51.4 Å². The summed E-state index contributed by atoms with van der Waals surface area (Å²) in [6.07, 6.45) is 8.81. The second-order valence-electron chi connectivity index (χ2n) is 5.96. The van der Waals surface area contributed by atoms with Gasteiger partial charge in [0.25, 0.3) is 0 Å². The van der Waals surface area contributed by atoms with Gasteiger partial charge in [-0.15, -0.1) is 0 Å². The third kappa shape index (κ3) is 5.04. The van der Waals surface area contributed by atoms with Crippen molar-refractivity contribution in [1.82, 2.24) is 9.62 Å². The zero-order valence-electron chi connectivity index (χ0n) is 11.9. The van der Waals surface area contributed by atoms with E-state index >= 15 is 0 Å². The summed E-state index contributed by atoms with van der Waals surface area (Å²) in [5, 5.41) is 3.33. The number of rotatable bonds is 4. The van der Waals surface area contributed by atoms with Crippen LogP contribution in [0.2, 0.25) is 0 Å². The van der Waals surface area contributed by atoms with E-state index in [1.165, 1.54) is 19.3 Å². The van der Waals surface area contributed by atoms with Crippen molar-refractivity contribution in [2.45, 2.75) is 51.4 Å². The highest BCUT2D eigenvalue weighted by molar-refractivity contribution is 7.89. The van der Waals surface area contributed by atoms with E-state index in [0.717, 1.165) is 58.3 Å². The van der Waals surface area contributed by atoms with Crippen LogP contribution in [-0.4, -0.2) is 44.7 Å². The molecule has 0 aliphatic carbocycles. The summed E-state index contributed by atoms with van der Waals surface area (Å²) in [5.74, 6) is 0.961. The first kappa shape index (κ1) is 15.3. The highest BCUT2D eigenvalue weighted by Gasteiger charge is 2.24. The Hall–Kier alpha value is -0.130. The van der Waals surface area contributed by atoms with Crippen LogP contribution >= 0.6 is 0 Å². The summed E-state index contributed by atoms with van der Waals surface area (Å²) in [5.41, 5.74) is 0. The minimum absolute atomic E-state index is 0.359. The molecule has 0 amide bonds. The molecule has 0 aromatic rings. The average Bonchev–Trinajstić information content (AvgIpc) is 2.37. The number of nitrogens with zero attached hydrogens (tertiary/aromatic N) is 1. The van der Waals surface area contributed by atoms with E-state index < -0.39 is 10.0 Å². The number of nitrogens with one attached hydrogen (secondary N) is 1. The zero-order valence-corrected chi connectivity index (χ0v) is 12.8. The minimum Gasteiger partial charge on any atom is -0.317 e. The van der Waals surface area contributed by atoms with Gasteiger partial charge >= 0.3 is 0 Å². The van der Waals surface area contributed by atoms with Crippen LogP contribution in [0.25, 0.3) is 0 Å². The Morgan fingerprint density at radius 3 is 2.16 bits per heavy atom. The van der Waals surface area contributed by atoms with Crippen molar-refractivity contribution in [2.24, 2.45) is 5.92 Å². The number of hydrogen-bond acceptors (Lipinski definition) is 3. The van der Waals surface area contributed by atoms with E-state index in [4.69, 9.17) is 0 Å². The molecule has 0 atom stereocenters. The van der Waals surface area contributed by atoms with Gasteiger partial charge in [-0.2, -0.15) is 0 Å². The third-order valence-electron chi connectivity index (χ3n) is 4.45. The first-order valence-electron chi connectivity index (χ1n) is 7.87. The van der Waals surface area contributed by atoms with Gasteiger partial charge in [-0.25, -0.2) is 12.7 Å². The summed E-state index contributed by atoms with van der Waals surface area (Å²) < 4.78 is 26.6. The molecule has 2 heterocycles. The molecule has 2 aliphatic rings. The standard InChI is InChI=1S/C14H28N2O2S/c17-19(18,13-8-14-6-9-15-10-7-14)16-11-4-2-1-3-5-12-16/h14-15H,1-13H2. The lowest BCUT2D eigenvalue weighted by Crippen LogP contribution is -2.36. The molecule has 0 aromatic heterocycles. The summed E-state index contributed by atoms with van der Waals surface area (Å²) in [4.78, 5) is 0. The van der Waals surface area contributed by atoms with Gasteiger partial charge in [0.2, 0.25) is 10.0 Å². The summed E-state index contributed by atoms with van der Waals surface area (Å²) >= 11 is 0. The molecule has 19 heavy (non-hydrogen) atoms. The second-order valence-corrected chi connectivity index (χ2v) is 8.05. The lowest BCUT2D eigenvalue weighted by molar-refractivity contribution is 0.347. The highest BCUT2D eigenvalue weighted by Crippen LogP contribution is 2.19. The molecule has 1 N–H and O–H groups in total. The van der Waals surface area contributed by atoms with Gasteiger partial charge in [-0.1, -0.05) is 19.3 Å². The maximum absolute atomic E-state index is 12.4. The van der Waals surface area contributed by atoms with Crippen molar-refractivity contribution >= 4 is 10.0 Å². The Morgan fingerprint density at radius 1 is 0.947 bits per heavy atom. The van der Waals surface area contributed by atoms with Crippen molar-refractivity contribution in [1.29, 1.82) is 0 Å². The maximum Gasteiger partial charge on any atom is 0.214 e. The lowest BCUT2D eigenvalue weighted by atomic mass is 9.96. The van der Waals surface area contributed by atoms with Gasteiger partial charge in [-0.3, -0.25) is 0 Å². The molecule has 0 bridgehead atoms. The first-order valence-corrected chi connectivity index (χ1v) is 9.48. The molecule has 112 valence electrons.